The molecule has 3 aromatic rings. The van der Waals surface area contributed by atoms with Gasteiger partial charge in [-0.25, -0.2) is 9.96 Å². The third-order valence-corrected chi connectivity index (χ3v) is 5.99. The van der Waals surface area contributed by atoms with Crippen LogP contribution in [0.25, 0.3) is 0 Å². The molecule has 3 aromatic carbocycles. The Morgan fingerprint density at radius 1 is 0.733 bits per heavy atom. The van der Waals surface area contributed by atoms with Crippen LogP contribution in [-0.4, -0.2) is 17.9 Å². The van der Waals surface area contributed by atoms with E-state index in [1.165, 1.54) is 4.90 Å². The average molecular weight is 398 g/mol. The van der Waals surface area contributed by atoms with Gasteiger partial charge < -0.3 is 0 Å². The van der Waals surface area contributed by atoms with Crippen LogP contribution in [0.5, 0.6) is 0 Å². The van der Waals surface area contributed by atoms with Gasteiger partial charge in [0.1, 0.15) is 5.92 Å². The standard InChI is InChI=1S/C25H22N2O3/c1-16-10-6-8-14-19(16)22-21-23(30-27(22)18-12-4-3-5-13-18)25(29)26(24(21)28)20-15-9-7-11-17(20)2/h3-15,21-23H,1-2H3/t21-,22+,23+/m1/s1. The van der Waals surface area contributed by atoms with E-state index in [-0.39, 0.29) is 17.9 Å². The molecule has 5 nitrogen and oxygen atoms in total. The van der Waals surface area contributed by atoms with Gasteiger partial charge in [0.05, 0.1) is 17.4 Å². The fraction of sp³-hybridized carbons (Fsp3) is 0.200. The van der Waals surface area contributed by atoms with Crippen LogP contribution in [0.15, 0.2) is 78.9 Å². The van der Waals surface area contributed by atoms with Crippen LogP contribution in [0.3, 0.4) is 0 Å². The summed E-state index contributed by atoms with van der Waals surface area (Å²) in [4.78, 5) is 34.5. The van der Waals surface area contributed by atoms with Crippen LogP contribution in [0.1, 0.15) is 22.7 Å². The summed E-state index contributed by atoms with van der Waals surface area (Å²) in [7, 11) is 0. The lowest BCUT2D eigenvalue weighted by Crippen LogP contribution is -2.37. The van der Waals surface area contributed by atoms with Crippen LogP contribution >= 0.6 is 0 Å². The van der Waals surface area contributed by atoms with Gasteiger partial charge >= 0.3 is 0 Å². The number of carbonyl (C=O) groups excluding carboxylic acids is 2. The number of carbonyl (C=O) groups is 2. The lowest BCUT2D eigenvalue weighted by atomic mass is 9.88. The van der Waals surface area contributed by atoms with E-state index in [2.05, 4.69) is 0 Å². The molecule has 5 heteroatoms. The van der Waals surface area contributed by atoms with Gasteiger partial charge in [-0.3, -0.25) is 14.4 Å². The summed E-state index contributed by atoms with van der Waals surface area (Å²) in [5, 5.41) is 1.74. The molecule has 5 rings (SSSR count). The van der Waals surface area contributed by atoms with Crippen molar-refractivity contribution in [1.29, 1.82) is 0 Å². The van der Waals surface area contributed by atoms with E-state index in [0.29, 0.717) is 5.69 Å². The number of amides is 2. The lowest BCUT2D eigenvalue weighted by molar-refractivity contribution is -0.126. The quantitative estimate of drug-likeness (QED) is 0.616. The first-order valence-electron chi connectivity index (χ1n) is 10.1. The van der Waals surface area contributed by atoms with Crippen LogP contribution < -0.4 is 9.96 Å². The van der Waals surface area contributed by atoms with E-state index in [1.54, 1.807) is 5.06 Å². The minimum Gasteiger partial charge on any atom is -0.273 e. The maximum atomic E-state index is 13.6. The molecular formula is C25H22N2O3. The molecule has 0 radical (unpaired) electrons. The highest BCUT2D eigenvalue weighted by Crippen LogP contribution is 2.48. The number of hydroxylamine groups is 1. The normalized spacial score (nSPS) is 23.2. The van der Waals surface area contributed by atoms with Gasteiger partial charge in [0, 0.05) is 0 Å². The zero-order valence-corrected chi connectivity index (χ0v) is 16.9. The number of aryl methyl sites for hydroxylation is 2. The van der Waals surface area contributed by atoms with Gasteiger partial charge in [0.15, 0.2) is 6.10 Å². The number of anilines is 2. The van der Waals surface area contributed by atoms with E-state index < -0.39 is 12.0 Å². The molecule has 0 bridgehead atoms. The van der Waals surface area contributed by atoms with Crippen molar-refractivity contribution in [1.82, 2.24) is 0 Å². The molecule has 2 fully saturated rings. The van der Waals surface area contributed by atoms with Gasteiger partial charge in [-0.15, -0.1) is 0 Å². The van der Waals surface area contributed by atoms with Crippen molar-refractivity contribution in [3.63, 3.8) is 0 Å². The van der Waals surface area contributed by atoms with Crippen molar-refractivity contribution < 1.29 is 14.4 Å². The van der Waals surface area contributed by atoms with Gasteiger partial charge in [0.25, 0.3) is 5.91 Å². The molecule has 2 heterocycles. The highest BCUT2D eigenvalue weighted by atomic mass is 16.7. The predicted molar refractivity (Wildman–Crippen MR) is 115 cm³/mol. The minimum atomic E-state index is -0.845. The Morgan fingerprint density at radius 2 is 1.37 bits per heavy atom. The fourth-order valence-electron chi connectivity index (χ4n) is 4.50. The van der Waals surface area contributed by atoms with Crippen LogP contribution in [0, 0.1) is 19.8 Å². The molecule has 0 aromatic heterocycles. The summed E-state index contributed by atoms with van der Waals surface area (Å²) in [6, 6.07) is 24.7. The van der Waals surface area contributed by atoms with Crippen molar-refractivity contribution in [3.05, 3.63) is 95.6 Å². The summed E-state index contributed by atoms with van der Waals surface area (Å²) >= 11 is 0. The summed E-state index contributed by atoms with van der Waals surface area (Å²) in [5.74, 6) is -1.14. The molecule has 30 heavy (non-hydrogen) atoms. The molecular weight excluding hydrogens is 376 g/mol. The molecule has 0 unspecified atom stereocenters. The molecule has 0 aliphatic carbocycles. The summed E-state index contributed by atoms with van der Waals surface area (Å²) < 4.78 is 0. The van der Waals surface area contributed by atoms with Crippen LogP contribution in [0.4, 0.5) is 11.4 Å². The van der Waals surface area contributed by atoms with Crippen LogP contribution in [0.2, 0.25) is 0 Å². The number of fused-ring (bicyclic) bond motifs is 1. The Balaban J connectivity index is 1.62. The third-order valence-electron chi connectivity index (χ3n) is 5.99. The molecule has 0 spiro atoms. The third kappa shape index (κ3) is 2.74. The number of nitrogens with zero attached hydrogens (tertiary/aromatic N) is 2. The number of imide groups is 1. The average Bonchev–Trinajstić information content (AvgIpc) is 3.26. The zero-order chi connectivity index (χ0) is 20.8. The molecule has 0 saturated carbocycles. The first kappa shape index (κ1) is 18.6. The molecule has 2 saturated heterocycles. The molecule has 0 N–H and O–H groups in total. The minimum absolute atomic E-state index is 0.217. The Hall–Kier alpha value is -3.44. The molecule has 2 aliphatic rings. The number of rotatable bonds is 3. The zero-order valence-electron chi connectivity index (χ0n) is 16.9. The Labute approximate surface area is 175 Å². The molecule has 2 amide bonds. The number of benzene rings is 3. The second-order valence-corrected chi connectivity index (χ2v) is 7.81. The predicted octanol–water partition coefficient (Wildman–Crippen LogP) is 4.35. The van der Waals surface area contributed by atoms with Gasteiger partial charge in [-0.05, 0) is 48.7 Å². The second-order valence-electron chi connectivity index (χ2n) is 7.81. The smallest absolute Gasteiger partial charge is 0.266 e. The van der Waals surface area contributed by atoms with E-state index in [4.69, 9.17) is 4.84 Å². The maximum Gasteiger partial charge on any atom is 0.266 e. The topological polar surface area (TPSA) is 49.9 Å². The highest BCUT2D eigenvalue weighted by molar-refractivity contribution is 6.24. The molecule has 3 atom stereocenters. The summed E-state index contributed by atoms with van der Waals surface area (Å²) in [6.45, 7) is 3.92. The van der Waals surface area contributed by atoms with Crippen molar-refractivity contribution in [2.45, 2.75) is 26.0 Å². The lowest BCUT2D eigenvalue weighted by Gasteiger charge is -2.29. The van der Waals surface area contributed by atoms with Crippen LogP contribution in [-0.2, 0) is 14.4 Å². The first-order chi connectivity index (χ1) is 14.6. The van der Waals surface area contributed by atoms with Crippen molar-refractivity contribution in [2.75, 3.05) is 9.96 Å². The Kier molecular flexibility index (Phi) is 4.40. The Morgan fingerprint density at radius 3 is 2.07 bits per heavy atom. The van der Waals surface area contributed by atoms with Crippen molar-refractivity contribution >= 4 is 23.2 Å². The number of hydrogen-bond donors (Lipinski definition) is 0. The Bertz CT molecular complexity index is 1130. The summed E-state index contributed by atoms with van der Waals surface area (Å²) in [6.07, 6.45) is -0.845. The van der Waals surface area contributed by atoms with Gasteiger partial charge in [0.2, 0.25) is 5.91 Å². The van der Waals surface area contributed by atoms with E-state index in [0.717, 1.165) is 22.4 Å². The van der Waals surface area contributed by atoms with E-state index in [1.807, 2.05) is 92.7 Å². The number of para-hydroxylation sites is 2. The highest BCUT2D eigenvalue weighted by Gasteiger charge is 2.60. The van der Waals surface area contributed by atoms with Gasteiger partial charge in [-0.2, -0.15) is 0 Å². The largest absolute Gasteiger partial charge is 0.273 e. The molecule has 150 valence electrons. The SMILES string of the molecule is Cc1ccccc1[C@H]1[C@H]2C(=O)N(c3ccccc3C)C(=O)[C@H]2ON1c1ccccc1. The van der Waals surface area contributed by atoms with Crippen molar-refractivity contribution in [3.8, 4) is 0 Å². The van der Waals surface area contributed by atoms with Gasteiger partial charge in [-0.1, -0.05) is 60.7 Å². The summed E-state index contributed by atoms with van der Waals surface area (Å²) in [5.41, 5.74) is 4.37. The monoisotopic (exact) mass is 398 g/mol. The first-order valence-corrected chi connectivity index (χ1v) is 10.1. The van der Waals surface area contributed by atoms with Crippen molar-refractivity contribution in [2.24, 2.45) is 5.92 Å². The van der Waals surface area contributed by atoms with E-state index in [9.17, 15) is 9.59 Å². The van der Waals surface area contributed by atoms with E-state index >= 15 is 0 Å². The second kappa shape index (κ2) is 7.11. The molecule has 2 aliphatic heterocycles. The fourth-order valence-corrected chi connectivity index (χ4v) is 4.50. The number of hydrogen-bond acceptors (Lipinski definition) is 4. The maximum absolute atomic E-state index is 13.6.